The van der Waals surface area contributed by atoms with Crippen LogP contribution in [0.5, 0.6) is 0 Å². The molecule has 5 nitrogen and oxygen atoms in total. The van der Waals surface area contributed by atoms with E-state index in [1.165, 1.54) is 6.33 Å². The number of nitrogens with zero attached hydrogens (tertiary/aromatic N) is 2. The maximum absolute atomic E-state index is 11.0. The molecule has 68 valence electrons. The standard InChI is InChI=1S/C9H6N4O/c14-9-12-7-1-5-3-10-4-11-6(5)2-8(7)13-9/h1-4H,(H2,12,13,14). The minimum Gasteiger partial charge on any atom is -0.306 e. The average molecular weight is 186 g/mol. The first kappa shape index (κ1) is 7.25. The Balaban J connectivity index is 2.57. The summed E-state index contributed by atoms with van der Waals surface area (Å²) in [4.78, 5) is 24.4. The molecule has 3 rings (SSSR count). The van der Waals surface area contributed by atoms with Crippen LogP contribution in [0, 0.1) is 0 Å². The molecule has 0 atom stereocenters. The summed E-state index contributed by atoms with van der Waals surface area (Å²) in [6.45, 7) is 0. The SMILES string of the molecule is O=c1[nH]c2cc3cncnc3cc2[nH]1. The first-order valence-electron chi connectivity index (χ1n) is 4.15. The van der Waals surface area contributed by atoms with E-state index in [4.69, 9.17) is 0 Å². The van der Waals surface area contributed by atoms with Gasteiger partial charge in [-0.25, -0.2) is 14.8 Å². The van der Waals surface area contributed by atoms with Gasteiger partial charge in [-0.05, 0) is 12.1 Å². The Bertz CT molecular complexity index is 611. The summed E-state index contributed by atoms with van der Waals surface area (Å²) in [5.74, 6) is 0. The number of aromatic amines is 2. The van der Waals surface area contributed by atoms with Crippen LogP contribution < -0.4 is 5.69 Å². The third-order valence-corrected chi connectivity index (χ3v) is 2.14. The Morgan fingerprint density at radius 3 is 2.79 bits per heavy atom. The summed E-state index contributed by atoms with van der Waals surface area (Å²) in [7, 11) is 0. The number of imidazole rings is 1. The van der Waals surface area contributed by atoms with E-state index in [0.29, 0.717) is 0 Å². The Kier molecular flexibility index (Phi) is 1.25. The van der Waals surface area contributed by atoms with Crippen LogP contribution in [0.4, 0.5) is 0 Å². The fourth-order valence-electron chi connectivity index (χ4n) is 1.51. The molecule has 0 unspecified atom stereocenters. The van der Waals surface area contributed by atoms with Crippen LogP contribution in [-0.2, 0) is 0 Å². The molecule has 2 aromatic heterocycles. The van der Waals surface area contributed by atoms with E-state index in [0.717, 1.165) is 21.9 Å². The third-order valence-electron chi connectivity index (χ3n) is 2.14. The van der Waals surface area contributed by atoms with E-state index in [-0.39, 0.29) is 5.69 Å². The van der Waals surface area contributed by atoms with E-state index in [2.05, 4.69) is 19.9 Å². The Morgan fingerprint density at radius 2 is 1.93 bits per heavy atom. The zero-order valence-corrected chi connectivity index (χ0v) is 7.11. The van der Waals surface area contributed by atoms with Gasteiger partial charge in [0.15, 0.2) is 0 Å². The molecule has 5 heteroatoms. The molecule has 0 saturated carbocycles. The largest absolute Gasteiger partial charge is 0.323 e. The Labute approximate surface area is 77.8 Å². The van der Waals surface area contributed by atoms with E-state index >= 15 is 0 Å². The number of H-pyrrole nitrogens is 2. The molecule has 2 N–H and O–H groups in total. The van der Waals surface area contributed by atoms with Crippen molar-refractivity contribution in [3.05, 3.63) is 35.1 Å². The van der Waals surface area contributed by atoms with Crippen molar-refractivity contribution in [3.8, 4) is 0 Å². The number of benzene rings is 1. The number of aromatic nitrogens is 4. The van der Waals surface area contributed by atoms with E-state index in [1.54, 1.807) is 6.20 Å². The van der Waals surface area contributed by atoms with Crippen molar-refractivity contribution < 1.29 is 0 Å². The lowest BCUT2D eigenvalue weighted by Gasteiger charge is -1.94. The van der Waals surface area contributed by atoms with Crippen LogP contribution in [0.15, 0.2) is 29.5 Å². The molecule has 0 fully saturated rings. The Hall–Kier alpha value is -2.17. The molecule has 0 spiro atoms. The normalized spacial score (nSPS) is 11.1. The molecule has 0 bridgehead atoms. The summed E-state index contributed by atoms with van der Waals surface area (Å²) in [6, 6.07) is 3.67. The van der Waals surface area contributed by atoms with Gasteiger partial charge in [0.05, 0.1) is 16.6 Å². The topological polar surface area (TPSA) is 74.4 Å². The third kappa shape index (κ3) is 0.922. The summed E-state index contributed by atoms with van der Waals surface area (Å²) >= 11 is 0. The first-order valence-corrected chi connectivity index (χ1v) is 4.15. The van der Waals surface area contributed by atoms with E-state index in [9.17, 15) is 4.79 Å². The molecule has 2 heterocycles. The van der Waals surface area contributed by atoms with Gasteiger partial charge in [0.1, 0.15) is 6.33 Å². The highest BCUT2D eigenvalue weighted by molar-refractivity contribution is 5.92. The van der Waals surface area contributed by atoms with Crippen LogP contribution in [-0.4, -0.2) is 19.9 Å². The quantitative estimate of drug-likeness (QED) is 0.545. The van der Waals surface area contributed by atoms with Gasteiger partial charge in [0.2, 0.25) is 0 Å². The molecule has 3 aromatic rings. The molecule has 0 aliphatic heterocycles. The van der Waals surface area contributed by atoms with Crippen LogP contribution in [0.3, 0.4) is 0 Å². The summed E-state index contributed by atoms with van der Waals surface area (Å²) < 4.78 is 0. The average Bonchev–Trinajstić information content (AvgIpc) is 2.53. The van der Waals surface area contributed by atoms with Crippen molar-refractivity contribution in [3.63, 3.8) is 0 Å². The number of rotatable bonds is 0. The van der Waals surface area contributed by atoms with Crippen molar-refractivity contribution >= 4 is 21.9 Å². The minimum atomic E-state index is -0.205. The van der Waals surface area contributed by atoms with Crippen molar-refractivity contribution in [2.75, 3.05) is 0 Å². The highest BCUT2D eigenvalue weighted by atomic mass is 16.1. The number of fused-ring (bicyclic) bond motifs is 2. The maximum atomic E-state index is 11.0. The van der Waals surface area contributed by atoms with Gasteiger partial charge in [-0.3, -0.25) is 0 Å². The van der Waals surface area contributed by atoms with Gasteiger partial charge in [0.25, 0.3) is 0 Å². The molecule has 0 amide bonds. The Morgan fingerprint density at radius 1 is 1.14 bits per heavy atom. The highest BCUT2D eigenvalue weighted by Gasteiger charge is 2.00. The molecule has 0 aliphatic rings. The number of nitrogens with one attached hydrogen (secondary N) is 2. The fourth-order valence-corrected chi connectivity index (χ4v) is 1.51. The highest BCUT2D eigenvalue weighted by Crippen LogP contribution is 2.15. The second-order valence-corrected chi connectivity index (χ2v) is 3.06. The van der Waals surface area contributed by atoms with Gasteiger partial charge >= 0.3 is 5.69 Å². The van der Waals surface area contributed by atoms with E-state index in [1.807, 2.05) is 12.1 Å². The van der Waals surface area contributed by atoms with Crippen LogP contribution in [0.25, 0.3) is 21.9 Å². The summed E-state index contributed by atoms with van der Waals surface area (Å²) in [6.07, 6.45) is 3.20. The zero-order chi connectivity index (χ0) is 9.54. The van der Waals surface area contributed by atoms with Crippen LogP contribution in [0.1, 0.15) is 0 Å². The van der Waals surface area contributed by atoms with Crippen LogP contribution in [0.2, 0.25) is 0 Å². The fraction of sp³-hybridized carbons (Fsp3) is 0. The lowest BCUT2D eigenvalue weighted by molar-refractivity contribution is 1.21. The van der Waals surface area contributed by atoms with Gasteiger partial charge in [-0.1, -0.05) is 0 Å². The van der Waals surface area contributed by atoms with Gasteiger partial charge < -0.3 is 9.97 Å². The number of hydrogen-bond donors (Lipinski definition) is 2. The second-order valence-electron chi connectivity index (χ2n) is 3.06. The number of hydrogen-bond acceptors (Lipinski definition) is 3. The van der Waals surface area contributed by atoms with Crippen molar-refractivity contribution in [2.45, 2.75) is 0 Å². The molecule has 0 saturated heterocycles. The molecule has 14 heavy (non-hydrogen) atoms. The summed E-state index contributed by atoms with van der Waals surface area (Å²) in [5, 5.41) is 0.912. The van der Waals surface area contributed by atoms with Gasteiger partial charge in [0, 0.05) is 11.6 Å². The molecule has 0 aliphatic carbocycles. The van der Waals surface area contributed by atoms with Crippen molar-refractivity contribution in [1.82, 2.24) is 19.9 Å². The molecule has 0 radical (unpaired) electrons. The summed E-state index contributed by atoms with van der Waals surface area (Å²) in [5.41, 5.74) is 2.16. The second kappa shape index (κ2) is 2.41. The van der Waals surface area contributed by atoms with Crippen molar-refractivity contribution in [1.29, 1.82) is 0 Å². The van der Waals surface area contributed by atoms with Crippen molar-refractivity contribution in [2.24, 2.45) is 0 Å². The molecular formula is C9H6N4O. The monoisotopic (exact) mass is 186 g/mol. The predicted octanol–water partition coefficient (Wildman–Crippen LogP) is 0.799. The maximum Gasteiger partial charge on any atom is 0.323 e. The zero-order valence-electron chi connectivity index (χ0n) is 7.11. The minimum absolute atomic E-state index is 0.205. The van der Waals surface area contributed by atoms with Gasteiger partial charge in [-0.2, -0.15) is 0 Å². The van der Waals surface area contributed by atoms with E-state index < -0.39 is 0 Å². The van der Waals surface area contributed by atoms with Gasteiger partial charge in [-0.15, -0.1) is 0 Å². The smallest absolute Gasteiger partial charge is 0.306 e. The lowest BCUT2D eigenvalue weighted by Crippen LogP contribution is -1.99. The molecule has 1 aromatic carbocycles. The molecular weight excluding hydrogens is 180 g/mol. The lowest BCUT2D eigenvalue weighted by atomic mass is 10.2. The first-order chi connectivity index (χ1) is 6.83. The van der Waals surface area contributed by atoms with Crippen LogP contribution >= 0.6 is 0 Å². The predicted molar refractivity (Wildman–Crippen MR) is 52.0 cm³/mol.